The van der Waals surface area contributed by atoms with Crippen LogP contribution in [-0.4, -0.2) is 33.0 Å². The van der Waals surface area contributed by atoms with Gasteiger partial charge in [0.05, 0.1) is 5.75 Å². The van der Waals surface area contributed by atoms with Crippen molar-refractivity contribution < 1.29 is 8.42 Å². The maximum absolute atomic E-state index is 11.6. The number of hydrogen-bond acceptors (Lipinski definition) is 3. The topological polar surface area (TPSA) is 46.2 Å². The second-order valence-electron chi connectivity index (χ2n) is 4.87. The number of rotatable bonds is 10. The van der Waals surface area contributed by atoms with E-state index in [4.69, 9.17) is 0 Å². The summed E-state index contributed by atoms with van der Waals surface area (Å²) in [7, 11) is -2.83. The summed E-state index contributed by atoms with van der Waals surface area (Å²) in [4.78, 5) is 0. The van der Waals surface area contributed by atoms with Crippen molar-refractivity contribution in [3.05, 3.63) is 0 Å². The molecule has 0 unspecified atom stereocenters. The lowest BCUT2D eigenvalue weighted by atomic mass is 9.80. The quantitative estimate of drug-likeness (QED) is 0.616. The van der Waals surface area contributed by atoms with E-state index in [9.17, 15) is 8.42 Å². The van der Waals surface area contributed by atoms with Crippen molar-refractivity contribution in [2.45, 2.75) is 53.4 Å². The highest BCUT2D eigenvalue weighted by Gasteiger charge is 2.27. The summed E-state index contributed by atoms with van der Waals surface area (Å²) in [5.41, 5.74) is 0.150. The molecule has 0 fully saturated rings. The van der Waals surface area contributed by atoms with Crippen LogP contribution in [0.3, 0.4) is 0 Å². The van der Waals surface area contributed by atoms with E-state index in [-0.39, 0.29) is 11.2 Å². The minimum atomic E-state index is -2.83. The molecular weight excluding hydrogens is 234 g/mol. The average molecular weight is 263 g/mol. The predicted octanol–water partition coefficient (Wildman–Crippen LogP) is 2.62. The molecule has 0 radical (unpaired) electrons. The van der Waals surface area contributed by atoms with Gasteiger partial charge in [0.15, 0.2) is 0 Å². The molecule has 0 bridgehead atoms. The summed E-state index contributed by atoms with van der Waals surface area (Å²) < 4.78 is 23.2. The maximum Gasteiger partial charge on any atom is 0.150 e. The maximum atomic E-state index is 11.6. The number of sulfone groups is 1. The van der Waals surface area contributed by atoms with Gasteiger partial charge in [0.2, 0.25) is 0 Å². The van der Waals surface area contributed by atoms with E-state index in [1.54, 1.807) is 6.92 Å². The molecule has 0 heterocycles. The lowest BCUT2D eigenvalue weighted by Gasteiger charge is -2.32. The summed E-state index contributed by atoms with van der Waals surface area (Å²) in [6.45, 7) is 10.2. The molecule has 3 nitrogen and oxygen atoms in total. The van der Waals surface area contributed by atoms with E-state index >= 15 is 0 Å². The van der Waals surface area contributed by atoms with Gasteiger partial charge in [0, 0.05) is 12.3 Å². The minimum Gasteiger partial charge on any atom is -0.316 e. The molecule has 0 saturated heterocycles. The second-order valence-corrected chi connectivity index (χ2v) is 7.34. The molecule has 104 valence electrons. The molecular formula is C13H29NO2S. The third-order valence-corrected chi connectivity index (χ3v) is 5.52. The summed E-state index contributed by atoms with van der Waals surface area (Å²) in [5.74, 6) is 0.595. The second kappa shape index (κ2) is 8.09. The molecule has 0 aliphatic carbocycles. The van der Waals surface area contributed by atoms with Crippen LogP contribution in [-0.2, 0) is 9.84 Å². The molecule has 0 atom stereocenters. The summed E-state index contributed by atoms with van der Waals surface area (Å²) >= 11 is 0. The van der Waals surface area contributed by atoms with Crippen LogP contribution in [0.4, 0.5) is 0 Å². The minimum absolute atomic E-state index is 0.150. The van der Waals surface area contributed by atoms with Crippen LogP contribution < -0.4 is 5.32 Å². The number of nitrogens with one attached hydrogen (secondary N) is 1. The fraction of sp³-hybridized carbons (Fsp3) is 1.00. The molecule has 0 saturated carbocycles. The van der Waals surface area contributed by atoms with Gasteiger partial charge in [-0.05, 0) is 37.6 Å². The van der Waals surface area contributed by atoms with Gasteiger partial charge >= 0.3 is 0 Å². The van der Waals surface area contributed by atoms with Crippen molar-refractivity contribution in [3.8, 4) is 0 Å². The summed E-state index contributed by atoms with van der Waals surface area (Å²) in [6, 6.07) is 0. The van der Waals surface area contributed by atoms with E-state index < -0.39 is 9.84 Å². The van der Waals surface area contributed by atoms with E-state index in [0.29, 0.717) is 5.75 Å². The van der Waals surface area contributed by atoms with Crippen molar-refractivity contribution >= 4 is 9.84 Å². The summed E-state index contributed by atoms with van der Waals surface area (Å²) in [6.07, 6.45) is 3.99. The average Bonchev–Trinajstić information content (AvgIpc) is 2.34. The highest BCUT2D eigenvalue weighted by molar-refractivity contribution is 7.91. The Labute approximate surface area is 107 Å². The first-order chi connectivity index (χ1) is 7.95. The summed E-state index contributed by atoms with van der Waals surface area (Å²) in [5, 5.41) is 3.44. The van der Waals surface area contributed by atoms with E-state index in [1.807, 2.05) is 0 Å². The van der Waals surface area contributed by atoms with Crippen LogP contribution in [0.2, 0.25) is 0 Å². The number of hydrogen-bond donors (Lipinski definition) is 1. The standard InChI is InChI=1S/C13H29NO2S/c1-5-10-14-12-13(6-2,7-3)9-11-17(15,16)8-4/h14H,5-12H2,1-4H3. The smallest absolute Gasteiger partial charge is 0.150 e. The van der Waals surface area contributed by atoms with Gasteiger partial charge < -0.3 is 5.32 Å². The largest absolute Gasteiger partial charge is 0.316 e. The van der Waals surface area contributed by atoms with Gasteiger partial charge in [-0.3, -0.25) is 0 Å². The zero-order chi connectivity index (χ0) is 13.4. The van der Waals surface area contributed by atoms with Crippen molar-refractivity contribution in [1.82, 2.24) is 5.32 Å². The molecule has 0 aliphatic heterocycles. The van der Waals surface area contributed by atoms with Gasteiger partial charge in [-0.1, -0.05) is 27.7 Å². The van der Waals surface area contributed by atoms with Crippen molar-refractivity contribution in [2.75, 3.05) is 24.6 Å². The van der Waals surface area contributed by atoms with Gasteiger partial charge in [-0.25, -0.2) is 8.42 Å². The normalized spacial score (nSPS) is 12.9. The van der Waals surface area contributed by atoms with Crippen LogP contribution in [0.5, 0.6) is 0 Å². The predicted molar refractivity (Wildman–Crippen MR) is 75.1 cm³/mol. The Bertz CT molecular complexity index is 282. The van der Waals surface area contributed by atoms with Gasteiger partial charge in [0.1, 0.15) is 9.84 Å². The van der Waals surface area contributed by atoms with Crippen LogP contribution in [0, 0.1) is 5.41 Å². The lowest BCUT2D eigenvalue weighted by molar-refractivity contribution is 0.240. The molecule has 0 rings (SSSR count). The van der Waals surface area contributed by atoms with E-state index in [2.05, 4.69) is 26.1 Å². The lowest BCUT2D eigenvalue weighted by Crippen LogP contribution is -2.35. The molecule has 0 aromatic rings. The third kappa shape index (κ3) is 6.41. The highest BCUT2D eigenvalue weighted by atomic mass is 32.2. The molecule has 0 aliphatic rings. The Morgan fingerprint density at radius 1 is 1.06 bits per heavy atom. The van der Waals surface area contributed by atoms with Crippen LogP contribution in [0.1, 0.15) is 53.4 Å². The molecule has 1 N–H and O–H groups in total. The molecule has 17 heavy (non-hydrogen) atoms. The van der Waals surface area contributed by atoms with Crippen LogP contribution in [0.25, 0.3) is 0 Å². The monoisotopic (exact) mass is 263 g/mol. The Morgan fingerprint density at radius 2 is 1.65 bits per heavy atom. The SMILES string of the molecule is CCCNCC(CC)(CC)CCS(=O)(=O)CC. The van der Waals surface area contributed by atoms with E-state index in [1.165, 1.54) is 0 Å². The highest BCUT2D eigenvalue weighted by Crippen LogP contribution is 2.30. The zero-order valence-corrected chi connectivity index (χ0v) is 12.7. The van der Waals surface area contributed by atoms with Crippen LogP contribution >= 0.6 is 0 Å². The first-order valence-corrected chi connectivity index (χ1v) is 8.68. The van der Waals surface area contributed by atoms with Gasteiger partial charge in [-0.2, -0.15) is 0 Å². The Hall–Kier alpha value is -0.0900. The first kappa shape index (κ1) is 16.9. The molecule has 0 spiro atoms. The third-order valence-electron chi connectivity index (χ3n) is 3.81. The molecule has 0 aromatic carbocycles. The Morgan fingerprint density at radius 3 is 2.06 bits per heavy atom. The molecule has 0 amide bonds. The van der Waals surface area contributed by atoms with Crippen molar-refractivity contribution in [3.63, 3.8) is 0 Å². The fourth-order valence-electron chi connectivity index (χ4n) is 1.99. The van der Waals surface area contributed by atoms with Gasteiger partial charge in [-0.15, -0.1) is 0 Å². The van der Waals surface area contributed by atoms with Crippen molar-refractivity contribution in [1.29, 1.82) is 0 Å². The molecule has 4 heteroatoms. The zero-order valence-electron chi connectivity index (χ0n) is 11.9. The van der Waals surface area contributed by atoms with Gasteiger partial charge in [0.25, 0.3) is 0 Å². The van der Waals surface area contributed by atoms with E-state index in [0.717, 1.165) is 38.8 Å². The Kier molecular flexibility index (Phi) is 8.05. The molecule has 0 aromatic heterocycles. The Balaban J connectivity index is 4.39. The van der Waals surface area contributed by atoms with Crippen molar-refractivity contribution in [2.24, 2.45) is 5.41 Å². The fourth-order valence-corrected chi connectivity index (χ4v) is 3.02. The first-order valence-electron chi connectivity index (χ1n) is 6.86. The van der Waals surface area contributed by atoms with Crippen LogP contribution in [0.15, 0.2) is 0 Å².